The number of aryl methyl sites for hydroxylation is 1. The summed E-state index contributed by atoms with van der Waals surface area (Å²) in [6, 6.07) is 36.0. The van der Waals surface area contributed by atoms with Crippen molar-refractivity contribution in [2.45, 2.75) is 46.1 Å². The fourth-order valence-electron chi connectivity index (χ4n) is 5.77. The molecule has 6 aromatic rings. The molecule has 1 aromatic heterocycles. The fourth-order valence-corrected chi connectivity index (χ4v) is 5.77. The molecule has 174 valence electrons. The van der Waals surface area contributed by atoms with Crippen molar-refractivity contribution in [2.24, 2.45) is 5.92 Å². The second-order valence-corrected chi connectivity index (χ2v) is 10.3. The van der Waals surface area contributed by atoms with E-state index < -0.39 is 0 Å². The highest BCUT2D eigenvalue weighted by atomic mass is 15.0. The predicted molar refractivity (Wildman–Crippen MR) is 153 cm³/mol. The Kier molecular flexibility index (Phi) is 5.78. The summed E-state index contributed by atoms with van der Waals surface area (Å²) in [6.07, 6.45) is 5.19. The molecule has 0 amide bonds. The molecule has 0 saturated heterocycles. The maximum absolute atomic E-state index is 2.55. The number of aromatic nitrogens is 1. The van der Waals surface area contributed by atoms with Gasteiger partial charge in [0.1, 0.15) is 0 Å². The highest BCUT2D eigenvalue weighted by Gasteiger charge is 2.14. The van der Waals surface area contributed by atoms with E-state index >= 15 is 0 Å². The van der Waals surface area contributed by atoms with E-state index in [2.05, 4.69) is 115 Å². The van der Waals surface area contributed by atoms with Gasteiger partial charge in [0.15, 0.2) is 0 Å². The minimum Gasteiger partial charge on any atom is -0.340 e. The molecule has 5 aromatic carbocycles. The van der Waals surface area contributed by atoms with Crippen LogP contribution in [0.15, 0.2) is 97.1 Å². The van der Waals surface area contributed by atoms with Gasteiger partial charge in [-0.3, -0.25) is 0 Å². The Morgan fingerprint density at radius 3 is 1.91 bits per heavy atom. The van der Waals surface area contributed by atoms with Crippen LogP contribution in [0.3, 0.4) is 0 Å². The van der Waals surface area contributed by atoms with Crippen molar-refractivity contribution >= 4 is 43.4 Å². The molecule has 0 fully saturated rings. The van der Waals surface area contributed by atoms with Gasteiger partial charge in [0.05, 0.1) is 0 Å². The zero-order valence-corrected chi connectivity index (χ0v) is 20.8. The van der Waals surface area contributed by atoms with Gasteiger partial charge in [0, 0.05) is 28.4 Å². The van der Waals surface area contributed by atoms with E-state index in [9.17, 15) is 0 Å². The van der Waals surface area contributed by atoms with Gasteiger partial charge < -0.3 is 4.57 Å². The number of nitrogens with zero attached hydrogens (tertiary/aromatic N) is 1. The molecule has 1 heterocycles. The third-order valence-electron chi connectivity index (χ3n) is 7.50. The van der Waals surface area contributed by atoms with Crippen molar-refractivity contribution in [2.75, 3.05) is 0 Å². The average Bonchev–Trinajstić information content (AvgIpc) is 3.20. The Bertz CT molecular complexity index is 1600. The molecule has 0 aliphatic heterocycles. The van der Waals surface area contributed by atoms with Gasteiger partial charge >= 0.3 is 0 Å². The van der Waals surface area contributed by atoms with Crippen LogP contribution in [-0.2, 0) is 6.54 Å². The summed E-state index contributed by atoms with van der Waals surface area (Å²) in [5.41, 5.74) is 5.34. The lowest BCUT2D eigenvalue weighted by molar-refractivity contribution is 0.512. The molecule has 0 saturated carbocycles. The van der Waals surface area contributed by atoms with Crippen molar-refractivity contribution in [1.82, 2.24) is 4.57 Å². The molecule has 0 atom stereocenters. The summed E-state index contributed by atoms with van der Waals surface area (Å²) in [6.45, 7) is 5.73. The van der Waals surface area contributed by atoms with E-state index in [4.69, 9.17) is 0 Å². The fraction of sp³-hybridized carbons (Fsp3) is 0.235. The van der Waals surface area contributed by atoms with Crippen LogP contribution < -0.4 is 0 Å². The van der Waals surface area contributed by atoms with E-state index in [0.29, 0.717) is 0 Å². The number of para-hydroxylation sites is 1. The first-order valence-electron chi connectivity index (χ1n) is 13.1. The summed E-state index contributed by atoms with van der Waals surface area (Å²) < 4.78 is 2.55. The molecule has 1 heteroatoms. The Labute approximate surface area is 208 Å². The zero-order chi connectivity index (χ0) is 23.8. The molecular weight excluding hydrogens is 422 g/mol. The van der Waals surface area contributed by atoms with Crippen molar-refractivity contribution in [3.8, 4) is 11.1 Å². The summed E-state index contributed by atoms with van der Waals surface area (Å²) in [7, 11) is 0. The third kappa shape index (κ3) is 4.00. The van der Waals surface area contributed by atoms with Crippen LogP contribution in [0.4, 0.5) is 0 Å². The van der Waals surface area contributed by atoms with Crippen LogP contribution in [0, 0.1) is 5.92 Å². The minimum atomic E-state index is 0.798. The van der Waals surface area contributed by atoms with E-state index in [1.54, 1.807) is 0 Å². The lowest BCUT2D eigenvalue weighted by Crippen LogP contribution is -1.98. The Balaban J connectivity index is 1.50. The second kappa shape index (κ2) is 9.23. The molecule has 0 unspecified atom stereocenters. The first-order chi connectivity index (χ1) is 17.2. The standard InChI is InChI=1S/C34H33N/c1-24(2)12-4-3-11-21-35-32-18-10-9-17-30(32)31-23-27(19-20-33(31)35)34-28-15-7-5-13-25(28)22-26-14-6-8-16-29(26)34/h5-10,13-20,22-24H,3-4,11-12,21H2,1-2H3. The molecule has 0 aliphatic carbocycles. The molecule has 35 heavy (non-hydrogen) atoms. The Morgan fingerprint density at radius 1 is 0.571 bits per heavy atom. The first kappa shape index (κ1) is 21.9. The number of hydrogen-bond donors (Lipinski definition) is 0. The van der Waals surface area contributed by atoms with Gasteiger partial charge in [-0.1, -0.05) is 106 Å². The van der Waals surface area contributed by atoms with E-state index in [0.717, 1.165) is 12.5 Å². The van der Waals surface area contributed by atoms with Crippen molar-refractivity contribution in [3.05, 3.63) is 97.1 Å². The second-order valence-electron chi connectivity index (χ2n) is 10.3. The first-order valence-corrected chi connectivity index (χ1v) is 13.1. The average molecular weight is 456 g/mol. The predicted octanol–water partition coefficient (Wildman–Crippen LogP) is 9.98. The molecule has 0 N–H and O–H groups in total. The number of rotatable bonds is 7. The Hall–Kier alpha value is -3.58. The summed E-state index contributed by atoms with van der Waals surface area (Å²) in [4.78, 5) is 0. The van der Waals surface area contributed by atoms with E-state index in [-0.39, 0.29) is 0 Å². The summed E-state index contributed by atoms with van der Waals surface area (Å²) in [5, 5.41) is 7.95. The van der Waals surface area contributed by atoms with Gasteiger partial charge in [-0.05, 0) is 69.3 Å². The lowest BCUT2D eigenvalue weighted by atomic mass is 9.91. The number of unbranched alkanes of at least 4 members (excludes halogenated alkanes) is 2. The lowest BCUT2D eigenvalue weighted by Gasteiger charge is -2.13. The number of hydrogen-bond acceptors (Lipinski definition) is 0. The minimum absolute atomic E-state index is 0.798. The van der Waals surface area contributed by atoms with Crippen LogP contribution in [0.5, 0.6) is 0 Å². The van der Waals surface area contributed by atoms with Crippen LogP contribution in [0.25, 0.3) is 54.5 Å². The molecule has 0 radical (unpaired) electrons. The van der Waals surface area contributed by atoms with Crippen molar-refractivity contribution in [1.29, 1.82) is 0 Å². The molecule has 6 rings (SSSR count). The van der Waals surface area contributed by atoms with E-state index in [1.807, 2.05) is 0 Å². The summed E-state index contributed by atoms with van der Waals surface area (Å²) in [5.74, 6) is 0.798. The van der Waals surface area contributed by atoms with Gasteiger partial charge in [0.25, 0.3) is 0 Å². The smallest absolute Gasteiger partial charge is 0.0491 e. The van der Waals surface area contributed by atoms with Gasteiger partial charge in [0.2, 0.25) is 0 Å². The monoisotopic (exact) mass is 455 g/mol. The maximum atomic E-state index is 2.55. The summed E-state index contributed by atoms with van der Waals surface area (Å²) >= 11 is 0. The molecule has 0 bridgehead atoms. The Morgan fingerprint density at radius 2 is 1.20 bits per heavy atom. The molecule has 0 aliphatic rings. The zero-order valence-electron chi connectivity index (χ0n) is 20.8. The molecule has 1 nitrogen and oxygen atoms in total. The van der Waals surface area contributed by atoms with Gasteiger partial charge in [-0.2, -0.15) is 0 Å². The largest absolute Gasteiger partial charge is 0.340 e. The van der Waals surface area contributed by atoms with Crippen molar-refractivity contribution < 1.29 is 0 Å². The van der Waals surface area contributed by atoms with Crippen LogP contribution >= 0.6 is 0 Å². The third-order valence-corrected chi connectivity index (χ3v) is 7.50. The van der Waals surface area contributed by atoms with Crippen molar-refractivity contribution in [3.63, 3.8) is 0 Å². The highest BCUT2D eigenvalue weighted by molar-refractivity contribution is 6.15. The number of benzene rings is 5. The van der Waals surface area contributed by atoms with E-state index in [1.165, 1.54) is 80.2 Å². The molecule has 0 spiro atoms. The quantitative estimate of drug-likeness (QED) is 0.167. The van der Waals surface area contributed by atoms with Crippen LogP contribution in [0.1, 0.15) is 39.5 Å². The van der Waals surface area contributed by atoms with Crippen LogP contribution in [0.2, 0.25) is 0 Å². The topological polar surface area (TPSA) is 4.93 Å². The number of fused-ring (bicyclic) bond motifs is 5. The van der Waals surface area contributed by atoms with Gasteiger partial charge in [-0.25, -0.2) is 0 Å². The normalized spacial score (nSPS) is 12.0. The highest BCUT2D eigenvalue weighted by Crippen LogP contribution is 2.39. The SMILES string of the molecule is CC(C)CCCCCn1c2ccccc2c2cc(-c3c4ccccc4cc4ccccc34)ccc21. The van der Waals surface area contributed by atoms with Crippen LogP contribution in [-0.4, -0.2) is 4.57 Å². The molecular formula is C34H33N. The van der Waals surface area contributed by atoms with Gasteiger partial charge in [-0.15, -0.1) is 0 Å². The maximum Gasteiger partial charge on any atom is 0.0491 e.